The zero-order valence-electron chi connectivity index (χ0n) is 13.5. The van der Waals surface area contributed by atoms with Gasteiger partial charge < -0.3 is 9.64 Å². The Kier molecular flexibility index (Phi) is 6.38. The summed E-state index contributed by atoms with van der Waals surface area (Å²) in [6, 6.07) is 10.5. The van der Waals surface area contributed by atoms with Crippen molar-refractivity contribution in [1.82, 2.24) is 4.90 Å². The molecule has 0 radical (unpaired) electrons. The number of alkyl halides is 2. The van der Waals surface area contributed by atoms with E-state index in [1.165, 1.54) is 4.90 Å². The van der Waals surface area contributed by atoms with Gasteiger partial charge in [-0.3, -0.25) is 4.79 Å². The fraction of sp³-hybridized carbons (Fsp3) is 0.278. The van der Waals surface area contributed by atoms with E-state index in [1.54, 1.807) is 6.92 Å². The maximum atomic E-state index is 14.1. The zero-order chi connectivity index (χ0) is 18.4. The number of carbonyl (C=O) groups excluding carboxylic acids is 1. The van der Waals surface area contributed by atoms with Gasteiger partial charge >= 0.3 is 6.61 Å². The molecule has 3 nitrogen and oxygen atoms in total. The molecule has 0 fully saturated rings. The molecular weight excluding hydrogens is 338 g/mol. The van der Waals surface area contributed by atoms with E-state index in [2.05, 4.69) is 4.74 Å². The molecular formula is C18H17F4NO2. The number of carbonyl (C=O) groups is 1. The summed E-state index contributed by atoms with van der Waals surface area (Å²) >= 11 is 0. The third kappa shape index (κ3) is 4.95. The normalized spacial score (nSPS) is 10.8. The predicted octanol–water partition coefficient (Wildman–Crippen LogP) is 4.27. The monoisotopic (exact) mass is 355 g/mol. The number of ether oxygens (including phenoxy) is 1. The Balaban J connectivity index is 2.16. The third-order valence-electron chi connectivity index (χ3n) is 3.64. The van der Waals surface area contributed by atoms with Crippen LogP contribution >= 0.6 is 0 Å². The third-order valence-corrected chi connectivity index (χ3v) is 3.64. The van der Waals surface area contributed by atoms with Crippen molar-refractivity contribution in [2.45, 2.75) is 20.0 Å². The van der Waals surface area contributed by atoms with Gasteiger partial charge in [0.25, 0.3) is 5.91 Å². The Morgan fingerprint density at radius 2 is 1.72 bits per heavy atom. The second-order valence-electron chi connectivity index (χ2n) is 5.26. The van der Waals surface area contributed by atoms with E-state index in [-0.39, 0.29) is 13.1 Å². The van der Waals surface area contributed by atoms with Gasteiger partial charge in [0.15, 0.2) is 0 Å². The van der Waals surface area contributed by atoms with E-state index in [1.807, 2.05) is 30.3 Å². The SMILES string of the molecule is CCN(CCc1ccccc1)C(=O)c1c(F)cc(OC(F)F)cc1F. The zero-order valence-corrected chi connectivity index (χ0v) is 13.5. The first-order chi connectivity index (χ1) is 11.9. The Bertz CT molecular complexity index is 699. The highest BCUT2D eigenvalue weighted by Crippen LogP contribution is 2.23. The second kappa shape index (κ2) is 8.50. The lowest BCUT2D eigenvalue weighted by Crippen LogP contribution is -2.34. The van der Waals surface area contributed by atoms with Crippen LogP contribution in [-0.4, -0.2) is 30.5 Å². The van der Waals surface area contributed by atoms with E-state index < -0.39 is 35.5 Å². The van der Waals surface area contributed by atoms with Crippen LogP contribution in [0.5, 0.6) is 5.75 Å². The summed E-state index contributed by atoms with van der Waals surface area (Å²) in [6.45, 7) is -1.00. The fourth-order valence-corrected chi connectivity index (χ4v) is 2.40. The Labute approximate surface area is 142 Å². The topological polar surface area (TPSA) is 29.5 Å². The molecule has 0 atom stereocenters. The van der Waals surface area contributed by atoms with Gasteiger partial charge in [0.1, 0.15) is 22.9 Å². The minimum Gasteiger partial charge on any atom is -0.435 e. The summed E-state index contributed by atoms with van der Waals surface area (Å²) < 4.78 is 56.4. The molecule has 1 amide bonds. The van der Waals surface area contributed by atoms with Crippen LogP contribution in [0.2, 0.25) is 0 Å². The Hall–Kier alpha value is -2.57. The lowest BCUT2D eigenvalue weighted by molar-refractivity contribution is -0.0501. The summed E-state index contributed by atoms with van der Waals surface area (Å²) in [4.78, 5) is 13.7. The second-order valence-corrected chi connectivity index (χ2v) is 5.26. The van der Waals surface area contributed by atoms with Crippen molar-refractivity contribution in [1.29, 1.82) is 0 Å². The summed E-state index contributed by atoms with van der Waals surface area (Å²) in [5.41, 5.74) is 0.201. The molecule has 0 saturated heterocycles. The maximum Gasteiger partial charge on any atom is 0.387 e. The van der Waals surface area contributed by atoms with Gasteiger partial charge in [0.05, 0.1) is 0 Å². The first-order valence-electron chi connectivity index (χ1n) is 7.69. The quantitative estimate of drug-likeness (QED) is 0.694. The van der Waals surface area contributed by atoms with Crippen LogP contribution in [0, 0.1) is 11.6 Å². The van der Waals surface area contributed by atoms with E-state index >= 15 is 0 Å². The van der Waals surface area contributed by atoms with Crippen molar-refractivity contribution in [3.8, 4) is 5.75 Å². The smallest absolute Gasteiger partial charge is 0.387 e. The van der Waals surface area contributed by atoms with Crippen molar-refractivity contribution >= 4 is 5.91 Å². The standard InChI is InChI=1S/C18H17F4NO2/c1-2-23(9-8-12-6-4-3-5-7-12)17(24)16-14(19)10-13(11-15(16)20)25-18(21)22/h3-7,10-11,18H,2,8-9H2,1H3. The van der Waals surface area contributed by atoms with Gasteiger partial charge in [0, 0.05) is 25.2 Å². The molecule has 0 saturated carbocycles. The number of likely N-dealkylation sites (N-methyl/N-ethyl adjacent to an activating group) is 1. The molecule has 0 aliphatic carbocycles. The molecule has 25 heavy (non-hydrogen) atoms. The number of amides is 1. The number of nitrogens with zero attached hydrogens (tertiary/aromatic N) is 1. The molecule has 0 unspecified atom stereocenters. The predicted molar refractivity (Wildman–Crippen MR) is 84.7 cm³/mol. The number of hydrogen-bond acceptors (Lipinski definition) is 2. The number of hydrogen-bond donors (Lipinski definition) is 0. The molecule has 0 heterocycles. The van der Waals surface area contributed by atoms with Crippen LogP contribution < -0.4 is 4.74 Å². The largest absolute Gasteiger partial charge is 0.435 e. The minimum atomic E-state index is -3.21. The van der Waals surface area contributed by atoms with E-state index in [9.17, 15) is 22.4 Å². The van der Waals surface area contributed by atoms with E-state index in [0.717, 1.165) is 5.56 Å². The number of benzene rings is 2. The van der Waals surface area contributed by atoms with Crippen molar-refractivity contribution in [3.63, 3.8) is 0 Å². The molecule has 0 aromatic heterocycles. The van der Waals surface area contributed by atoms with Gasteiger partial charge in [-0.15, -0.1) is 0 Å². The minimum absolute atomic E-state index is 0.250. The summed E-state index contributed by atoms with van der Waals surface area (Å²) in [5.74, 6) is -3.98. The summed E-state index contributed by atoms with van der Waals surface area (Å²) in [5, 5.41) is 0. The fourth-order valence-electron chi connectivity index (χ4n) is 2.40. The highest BCUT2D eigenvalue weighted by atomic mass is 19.3. The summed E-state index contributed by atoms with van der Waals surface area (Å²) in [7, 11) is 0. The van der Waals surface area contributed by atoms with Crippen molar-refractivity contribution < 1.29 is 27.1 Å². The van der Waals surface area contributed by atoms with Gasteiger partial charge in [-0.2, -0.15) is 8.78 Å². The van der Waals surface area contributed by atoms with Crippen LogP contribution in [0.4, 0.5) is 17.6 Å². The molecule has 2 aromatic carbocycles. The molecule has 7 heteroatoms. The Morgan fingerprint density at radius 1 is 1.12 bits per heavy atom. The lowest BCUT2D eigenvalue weighted by Gasteiger charge is -2.21. The van der Waals surface area contributed by atoms with Crippen LogP contribution in [0.25, 0.3) is 0 Å². The van der Waals surface area contributed by atoms with Crippen molar-refractivity contribution in [3.05, 3.63) is 65.2 Å². The molecule has 2 rings (SSSR count). The van der Waals surface area contributed by atoms with Crippen LogP contribution in [0.1, 0.15) is 22.8 Å². The lowest BCUT2D eigenvalue weighted by atomic mass is 10.1. The number of rotatable bonds is 7. The number of halogens is 4. The van der Waals surface area contributed by atoms with Gasteiger partial charge in [-0.1, -0.05) is 30.3 Å². The van der Waals surface area contributed by atoms with E-state index in [0.29, 0.717) is 18.6 Å². The molecule has 0 N–H and O–H groups in total. The molecule has 0 bridgehead atoms. The first-order valence-corrected chi connectivity index (χ1v) is 7.69. The van der Waals surface area contributed by atoms with E-state index in [4.69, 9.17) is 0 Å². The van der Waals surface area contributed by atoms with Crippen LogP contribution in [-0.2, 0) is 6.42 Å². The maximum absolute atomic E-state index is 14.1. The summed E-state index contributed by atoms with van der Waals surface area (Å²) in [6.07, 6.45) is 0.524. The van der Waals surface area contributed by atoms with Gasteiger partial charge in [-0.05, 0) is 18.9 Å². The highest BCUT2D eigenvalue weighted by molar-refractivity contribution is 5.95. The molecule has 0 spiro atoms. The van der Waals surface area contributed by atoms with Crippen molar-refractivity contribution in [2.75, 3.05) is 13.1 Å². The van der Waals surface area contributed by atoms with Crippen LogP contribution in [0.15, 0.2) is 42.5 Å². The first kappa shape index (κ1) is 18.8. The Morgan fingerprint density at radius 3 is 2.24 bits per heavy atom. The highest BCUT2D eigenvalue weighted by Gasteiger charge is 2.24. The van der Waals surface area contributed by atoms with Gasteiger partial charge in [0.2, 0.25) is 0 Å². The van der Waals surface area contributed by atoms with Crippen molar-refractivity contribution in [2.24, 2.45) is 0 Å². The molecule has 134 valence electrons. The molecule has 2 aromatic rings. The average Bonchev–Trinajstić information content (AvgIpc) is 2.55. The van der Waals surface area contributed by atoms with Gasteiger partial charge in [-0.25, -0.2) is 8.78 Å². The van der Waals surface area contributed by atoms with Crippen LogP contribution in [0.3, 0.4) is 0 Å². The molecule has 0 aliphatic heterocycles. The average molecular weight is 355 g/mol. The molecule has 0 aliphatic rings.